The number of hydrogen-bond acceptors (Lipinski definition) is 2. The molecule has 25 heavy (non-hydrogen) atoms. The zero-order valence-electron chi connectivity index (χ0n) is 13.8. The average molecular weight is 330 g/mol. The van der Waals surface area contributed by atoms with Crippen LogP contribution in [0.5, 0.6) is 0 Å². The van der Waals surface area contributed by atoms with Crippen LogP contribution in [0.25, 0.3) is 0 Å². The molecule has 3 aromatic rings. The maximum Gasteiger partial charge on any atom is 0.255 e. The molecule has 0 aliphatic carbocycles. The lowest BCUT2D eigenvalue weighted by Crippen LogP contribution is -2.14. The topological polar surface area (TPSA) is 58.2 Å². The van der Waals surface area contributed by atoms with Crippen molar-refractivity contribution in [1.82, 2.24) is 0 Å². The molecule has 3 aromatic carbocycles. The van der Waals surface area contributed by atoms with Gasteiger partial charge in [-0.05, 0) is 55.0 Å². The Morgan fingerprint density at radius 2 is 1.16 bits per heavy atom. The van der Waals surface area contributed by atoms with Gasteiger partial charge in [-0.15, -0.1) is 0 Å². The normalized spacial score (nSPS) is 10.1. The first-order valence-electron chi connectivity index (χ1n) is 7.97. The first kappa shape index (κ1) is 16.5. The lowest BCUT2D eigenvalue weighted by molar-refractivity contribution is 0.101. The van der Waals surface area contributed by atoms with Crippen LogP contribution in [-0.4, -0.2) is 11.8 Å². The van der Waals surface area contributed by atoms with E-state index in [-0.39, 0.29) is 11.8 Å². The number of aryl methyl sites for hydroxylation is 1. The Hall–Kier alpha value is -3.40. The Kier molecular flexibility index (Phi) is 4.90. The van der Waals surface area contributed by atoms with Crippen molar-refractivity contribution in [3.8, 4) is 0 Å². The second kappa shape index (κ2) is 7.45. The van der Waals surface area contributed by atoms with Crippen molar-refractivity contribution < 1.29 is 9.59 Å². The third-order valence-electron chi connectivity index (χ3n) is 3.83. The van der Waals surface area contributed by atoms with E-state index < -0.39 is 0 Å². The number of carbonyl (C=O) groups excluding carboxylic acids is 2. The zero-order valence-corrected chi connectivity index (χ0v) is 13.8. The monoisotopic (exact) mass is 330 g/mol. The summed E-state index contributed by atoms with van der Waals surface area (Å²) in [5.74, 6) is -0.415. The Labute approximate surface area is 146 Å². The minimum Gasteiger partial charge on any atom is -0.322 e. The summed E-state index contributed by atoms with van der Waals surface area (Å²) < 4.78 is 0. The third kappa shape index (κ3) is 4.12. The maximum atomic E-state index is 12.3. The molecule has 4 heteroatoms. The SMILES string of the molecule is Cc1ccccc1NC(=O)c1ccc(C(=O)Nc2ccccc2)cc1. The van der Waals surface area contributed by atoms with Gasteiger partial charge >= 0.3 is 0 Å². The molecule has 0 atom stereocenters. The fourth-order valence-corrected chi connectivity index (χ4v) is 2.41. The van der Waals surface area contributed by atoms with Crippen LogP contribution in [0, 0.1) is 6.92 Å². The Bertz CT molecular complexity index is 887. The van der Waals surface area contributed by atoms with E-state index in [1.165, 1.54) is 0 Å². The van der Waals surface area contributed by atoms with Gasteiger partial charge < -0.3 is 10.6 Å². The van der Waals surface area contributed by atoms with Crippen LogP contribution < -0.4 is 10.6 Å². The van der Waals surface area contributed by atoms with Crippen molar-refractivity contribution in [1.29, 1.82) is 0 Å². The summed E-state index contributed by atoms with van der Waals surface area (Å²) in [4.78, 5) is 24.5. The Morgan fingerprint density at radius 3 is 1.76 bits per heavy atom. The number of nitrogens with one attached hydrogen (secondary N) is 2. The standard InChI is InChI=1S/C21H18N2O2/c1-15-7-5-6-10-19(15)23-21(25)17-13-11-16(12-14-17)20(24)22-18-8-3-2-4-9-18/h2-14H,1H3,(H,22,24)(H,23,25). The van der Waals surface area contributed by atoms with Crippen molar-refractivity contribution in [2.45, 2.75) is 6.92 Å². The predicted molar refractivity (Wildman–Crippen MR) is 100.0 cm³/mol. The highest BCUT2D eigenvalue weighted by molar-refractivity contribution is 6.07. The van der Waals surface area contributed by atoms with Gasteiger partial charge in [-0.3, -0.25) is 9.59 Å². The van der Waals surface area contributed by atoms with E-state index in [0.717, 1.165) is 16.9 Å². The molecule has 0 aliphatic rings. The van der Waals surface area contributed by atoms with E-state index in [9.17, 15) is 9.59 Å². The second-order valence-electron chi connectivity index (χ2n) is 5.67. The van der Waals surface area contributed by atoms with Crippen molar-refractivity contribution in [3.63, 3.8) is 0 Å². The van der Waals surface area contributed by atoms with Gasteiger partial charge in [0.15, 0.2) is 0 Å². The lowest BCUT2D eigenvalue weighted by atomic mass is 10.1. The molecule has 124 valence electrons. The Morgan fingerprint density at radius 1 is 0.640 bits per heavy atom. The number of para-hydroxylation sites is 2. The van der Waals surface area contributed by atoms with E-state index in [0.29, 0.717) is 11.1 Å². The zero-order chi connectivity index (χ0) is 17.6. The van der Waals surface area contributed by atoms with Crippen molar-refractivity contribution in [2.75, 3.05) is 10.6 Å². The number of carbonyl (C=O) groups is 2. The molecule has 2 N–H and O–H groups in total. The summed E-state index contributed by atoms with van der Waals surface area (Å²) in [7, 11) is 0. The van der Waals surface area contributed by atoms with Crippen molar-refractivity contribution >= 4 is 23.2 Å². The molecule has 0 saturated heterocycles. The van der Waals surface area contributed by atoms with Crippen LogP contribution in [0.15, 0.2) is 78.9 Å². The van der Waals surface area contributed by atoms with Gasteiger partial charge in [0.05, 0.1) is 0 Å². The average Bonchev–Trinajstić information content (AvgIpc) is 2.64. The molecule has 0 unspecified atom stereocenters. The molecule has 2 amide bonds. The fraction of sp³-hybridized carbons (Fsp3) is 0.0476. The van der Waals surface area contributed by atoms with Gasteiger partial charge in [-0.2, -0.15) is 0 Å². The molecule has 0 fully saturated rings. The predicted octanol–water partition coefficient (Wildman–Crippen LogP) is 4.50. The number of benzene rings is 3. The summed E-state index contributed by atoms with van der Waals surface area (Å²) in [6, 6.07) is 23.4. The lowest BCUT2D eigenvalue weighted by Gasteiger charge is -2.09. The molecule has 0 bridgehead atoms. The number of amides is 2. The molecule has 0 aliphatic heterocycles. The summed E-state index contributed by atoms with van der Waals surface area (Å²) in [6.45, 7) is 1.94. The number of hydrogen-bond donors (Lipinski definition) is 2. The van der Waals surface area contributed by atoms with E-state index in [2.05, 4.69) is 10.6 Å². The quantitative estimate of drug-likeness (QED) is 0.740. The Balaban J connectivity index is 1.68. The number of anilines is 2. The van der Waals surface area contributed by atoms with E-state index in [1.54, 1.807) is 24.3 Å². The van der Waals surface area contributed by atoms with E-state index in [4.69, 9.17) is 0 Å². The minimum absolute atomic E-state index is 0.204. The number of rotatable bonds is 4. The van der Waals surface area contributed by atoms with Gasteiger partial charge in [-0.1, -0.05) is 36.4 Å². The van der Waals surface area contributed by atoms with E-state index >= 15 is 0 Å². The van der Waals surface area contributed by atoms with Crippen LogP contribution in [0.3, 0.4) is 0 Å². The van der Waals surface area contributed by atoms with Gasteiger partial charge in [0.25, 0.3) is 11.8 Å². The maximum absolute atomic E-state index is 12.3. The first-order chi connectivity index (χ1) is 12.1. The van der Waals surface area contributed by atoms with Gasteiger partial charge in [0.1, 0.15) is 0 Å². The summed E-state index contributed by atoms with van der Waals surface area (Å²) in [5, 5.41) is 5.69. The van der Waals surface area contributed by atoms with Crippen LogP contribution >= 0.6 is 0 Å². The summed E-state index contributed by atoms with van der Waals surface area (Å²) in [6.07, 6.45) is 0. The van der Waals surface area contributed by atoms with Gasteiger partial charge in [0.2, 0.25) is 0 Å². The largest absolute Gasteiger partial charge is 0.322 e. The molecule has 0 aromatic heterocycles. The third-order valence-corrected chi connectivity index (χ3v) is 3.83. The molecule has 0 saturated carbocycles. The summed E-state index contributed by atoms with van der Waals surface area (Å²) in [5.41, 5.74) is 3.50. The van der Waals surface area contributed by atoms with Crippen molar-refractivity contribution in [2.24, 2.45) is 0 Å². The summed E-state index contributed by atoms with van der Waals surface area (Å²) >= 11 is 0. The van der Waals surface area contributed by atoms with Crippen LogP contribution in [0.2, 0.25) is 0 Å². The first-order valence-corrected chi connectivity index (χ1v) is 7.97. The molecular formula is C21H18N2O2. The van der Waals surface area contributed by atoms with Gasteiger partial charge in [0, 0.05) is 22.5 Å². The van der Waals surface area contributed by atoms with E-state index in [1.807, 2.05) is 61.5 Å². The van der Waals surface area contributed by atoms with Crippen molar-refractivity contribution in [3.05, 3.63) is 95.6 Å². The van der Waals surface area contributed by atoms with Gasteiger partial charge in [-0.25, -0.2) is 0 Å². The van der Waals surface area contributed by atoms with Crippen LogP contribution in [0.1, 0.15) is 26.3 Å². The molecule has 0 spiro atoms. The minimum atomic E-state index is -0.211. The second-order valence-corrected chi connectivity index (χ2v) is 5.67. The fourth-order valence-electron chi connectivity index (χ4n) is 2.41. The van der Waals surface area contributed by atoms with Crippen LogP contribution in [-0.2, 0) is 0 Å². The highest BCUT2D eigenvalue weighted by atomic mass is 16.2. The molecule has 4 nitrogen and oxygen atoms in total. The van der Waals surface area contributed by atoms with Crippen LogP contribution in [0.4, 0.5) is 11.4 Å². The molecule has 0 heterocycles. The highest BCUT2D eigenvalue weighted by Gasteiger charge is 2.10. The molecule has 3 rings (SSSR count). The molecular weight excluding hydrogens is 312 g/mol. The highest BCUT2D eigenvalue weighted by Crippen LogP contribution is 2.15. The smallest absolute Gasteiger partial charge is 0.255 e. The molecule has 0 radical (unpaired) electrons.